The van der Waals surface area contributed by atoms with Gasteiger partial charge in [0, 0.05) is 27.7 Å². The fraction of sp³-hybridized carbons (Fsp3) is 0.647. The molecule has 0 unspecified atom stereocenters. The highest BCUT2D eigenvalue weighted by molar-refractivity contribution is 5.73. The Morgan fingerprint density at radius 2 is 1.59 bits per heavy atom. The second-order valence-corrected chi connectivity index (χ2v) is 5.74. The number of esters is 3. The van der Waals surface area contributed by atoms with E-state index in [4.69, 9.17) is 30.1 Å². The van der Waals surface area contributed by atoms with Gasteiger partial charge in [0.2, 0.25) is 5.91 Å². The Kier molecular flexibility index (Phi) is 8.71. The zero-order valence-corrected chi connectivity index (χ0v) is 15.6. The van der Waals surface area contributed by atoms with Crippen molar-refractivity contribution in [3.05, 3.63) is 0 Å². The fourth-order valence-electron chi connectivity index (χ4n) is 2.56. The first-order valence-electron chi connectivity index (χ1n) is 8.11. The molecule has 0 aromatic heterocycles. The lowest BCUT2D eigenvalue weighted by Gasteiger charge is -2.44. The number of hydrogen-bond donors (Lipinski definition) is 1. The third-order valence-corrected chi connectivity index (χ3v) is 3.40. The summed E-state index contributed by atoms with van der Waals surface area (Å²) in [6.07, 6.45) is 0.717. The Labute approximate surface area is 156 Å². The van der Waals surface area contributed by atoms with Gasteiger partial charge in [-0.2, -0.15) is 0 Å². The van der Waals surface area contributed by atoms with Crippen LogP contribution in [-0.2, 0) is 42.9 Å². The van der Waals surface area contributed by atoms with E-state index in [9.17, 15) is 19.2 Å². The molecule has 0 aliphatic carbocycles. The predicted octanol–water partition coefficient (Wildman–Crippen LogP) is -0.708. The van der Waals surface area contributed by atoms with Crippen molar-refractivity contribution in [3.63, 3.8) is 0 Å². The van der Waals surface area contributed by atoms with Gasteiger partial charge in [-0.25, -0.2) is 0 Å². The lowest BCUT2D eigenvalue weighted by Crippen LogP contribution is -2.66. The van der Waals surface area contributed by atoms with Crippen LogP contribution in [-0.4, -0.2) is 67.7 Å². The third-order valence-electron chi connectivity index (χ3n) is 3.40. The lowest BCUT2D eigenvalue weighted by molar-refractivity contribution is -0.274. The first kappa shape index (κ1) is 22.4. The molecule has 1 heterocycles. The SMILES string of the molecule is C#CCO[C@@H]1O[C@H](COC(C)=O)[C@H](OC(C)=O)[C@H](OC(C)=O)[C@H]1NC(C)=O. The molecule has 1 saturated heterocycles. The second kappa shape index (κ2) is 10.5. The summed E-state index contributed by atoms with van der Waals surface area (Å²) in [6, 6.07) is -1.02. The number of rotatable bonds is 7. The maximum Gasteiger partial charge on any atom is 0.303 e. The van der Waals surface area contributed by atoms with Crippen LogP contribution in [0.1, 0.15) is 27.7 Å². The van der Waals surface area contributed by atoms with Crippen LogP contribution >= 0.6 is 0 Å². The minimum absolute atomic E-state index is 0.161. The quantitative estimate of drug-likeness (QED) is 0.343. The van der Waals surface area contributed by atoms with E-state index in [0.29, 0.717) is 0 Å². The number of hydrogen-bond acceptors (Lipinski definition) is 9. The van der Waals surface area contributed by atoms with Gasteiger partial charge in [-0.05, 0) is 0 Å². The molecule has 150 valence electrons. The third kappa shape index (κ3) is 7.24. The smallest absolute Gasteiger partial charge is 0.303 e. The zero-order valence-electron chi connectivity index (χ0n) is 15.6. The van der Waals surface area contributed by atoms with Crippen LogP contribution in [0.3, 0.4) is 0 Å². The summed E-state index contributed by atoms with van der Waals surface area (Å²) in [5.74, 6) is -0.158. The summed E-state index contributed by atoms with van der Waals surface area (Å²) in [5.41, 5.74) is 0. The first-order valence-corrected chi connectivity index (χ1v) is 8.11. The monoisotopic (exact) mass is 385 g/mol. The fourth-order valence-corrected chi connectivity index (χ4v) is 2.56. The van der Waals surface area contributed by atoms with Gasteiger partial charge in [0.15, 0.2) is 18.5 Å². The average Bonchev–Trinajstić information content (AvgIpc) is 2.54. The largest absolute Gasteiger partial charge is 0.463 e. The molecule has 1 aliphatic heterocycles. The highest BCUT2D eigenvalue weighted by atomic mass is 16.7. The van der Waals surface area contributed by atoms with Gasteiger partial charge in [-0.15, -0.1) is 6.42 Å². The van der Waals surface area contributed by atoms with Crippen molar-refractivity contribution in [3.8, 4) is 12.3 Å². The average molecular weight is 385 g/mol. The molecule has 0 saturated carbocycles. The molecule has 0 aromatic rings. The van der Waals surface area contributed by atoms with Gasteiger partial charge in [-0.3, -0.25) is 19.2 Å². The second-order valence-electron chi connectivity index (χ2n) is 5.74. The summed E-state index contributed by atoms with van der Waals surface area (Å²) >= 11 is 0. The molecular weight excluding hydrogens is 362 g/mol. The standard InChI is InChI=1S/C17H23NO9/c1-6-7-23-17-14(18-9(2)19)16(26-12(5)22)15(25-11(4)21)13(27-17)8-24-10(3)20/h1,13-17H,7-8H2,2-5H3,(H,18,19)/t13-,14-,15+,16-,17-/m1/s1. The van der Waals surface area contributed by atoms with Crippen molar-refractivity contribution in [1.29, 1.82) is 0 Å². The molecule has 1 rings (SSSR count). The van der Waals surface area contributed by atoms with Crippen LogP contribution in [0, 0.1) is 12.3 Å². The van der Waals surface area contributed by atoms with Crippen LogP contribution in [0.5, 0.6) is 0 Å². The van der Waals surface area contributed by atoms with Gasteiger partial charge in [0.25, 0.3) is 0 Å². The van der Waals surface area contributed by atoms with Crippen LogP contribution in [0.15, 0.2) is 0 Å². The molecule has 1 N–H and O–H groups in total. The summed E-state index contributed by atoms with van der Waals surface area (Å²) in [6.45, 7) is 4.29. The molecule has 0 bridgehead atoms. The Balaban J connectivity index is 3.25. The van der Waals surface area contributed by atoms with Crippen molar-refractivity contribution in [2.24, 2.45) is 0 Å². The Morgan fingerprint density at radius 1 is 1.00 bits per heavy atom. The molecule has 0 radical (unpaired) electrons. The Hall–Kier alpha value is -2.64. The van der Waals surface area contributed by atoms with Gasteiger partial charge >= 0.3 is 17.9 Å². The number of nitrogens with one attached hydrogen (secondary N) is 1. The molecule has 0 aromatic carbocycles. The van der Waals surface area contributed by atoms with E-state index in [2.05, 4.69) is 11.2 Å². The van der Waals surface area contributed by atoms with E-state index in [1.165, 1.54) is 13.8 Å². The van der Waals surface area contributed by atoms with Crippen molar-refractivity contribution >= 4 is 23.8 Å². The molecule has 27 heavy (non-hydrogen) atoms. The highest BCUT2D eigenvalue weighted by Gasteiger charge is 2.51. The van der Waals surface area contributed by atoms with Gasteiger partial charge in [0.1, 0.15) is 25.4 Å². The summed E-state index contributed by atoms with van der Waals surface area (Å²) in [4.78, 5) is 45.9. The van der Waals surface area contributed by atoms with E-state index in [-0.39, 0.29) is 13.2 Å². The molecular formula is C17H23NO9. The molecule has 5 atom stereocenters. The zero-order chi connectivity index (χ0) is 20.6. The molecule has 10 nitrogen and oxygen atoms in total. The van der Waals surface area contributed by atoms with Gasteiger partial charge < -0.3 is 29.0 Å². The van der Waals surface area contributed by atoms with Gasteiger partial charge in [0.05, 0.1) is 0 Å². The predicted molar refractivity (Wildman–Crippen MR) is 88.8 cm³/mol. The summed E-state index contributed by atoms with van der Waals surface area (Å²) in [5, 5.41) is 2.55. The molecule has 1 amide bonds. The van der Waals surface area contributed by atoms with E-state index in [0.717, 1.165) is 13.8 Å². The topological polar surface area (TPSA) is 126 Å². The van der Waals surface area contributed by atoms with E-state index < -0.39 is 54.5 Å². The first-order chi connectivity index (χ1) is 12.6. The van der Waals surface area contributed by atoms with Crippen LogP contribution in [0.4, 0.5) is 0 Å². The highest BCUT2D eigenvalue weighted by Crippen LogP contribution is 2.27. The van der Waals surface area contributed by atoms with Crippen LogP contribution < -0.4 is 5.32 Å². The number of ether oxygens (including phenoxy) is 5. The van der Waals surface area contributed by atoms with Crippen molar-refractivity contribution in [2.45, 2.75) is 58.3 Å². The van der Waals surface area contributed by atoms with Gasteiger partial charge in [-0.1, -0.05) is 5.92 Å². The molecule has 10 heteroatoms. The molecule has 1 fully saturated rings. The number of terminal acetylenes is 1. The van der Waals surface area contributed by atoms with Crippen LogP contribution in [0.25, 0.3) is 0 Å². The van der Waals surface area contributed by atoms with Crippen molar-refractivity contribution in [1.82, 2.24) is 5.32 Å². The lowest BCUT2D eigenvalue weighted by atomic mass is 9.96. The Bertz CT molecular complexity index is 612. The summed E-state index contributed by atoms with van der Waals surface area (Å²) < 4.78 is 26.6. The minimum atomic E-state index is -1.16. The summed E-state index contributed by atoms with van der Waals surface area (Å²) in [7, 11) is 0. The van der Waals surface area contributed by atoms with E-state index >= 15 is 0 Å². The maximum absolute atomic E-state index is 11.6. The maximum atomic E-state index is 11.6. The number of carbonyl (C=O) groups excluding carboxylic acids is 4. The van der Waals surface area contributed by atoms with Crippen molar-refractivity contribution < 1.29 is 42.9 Å². The Morgan fingerprint density at radius 3 is 2.07 bits per heavy atom. The van der Waals surface area contributed by atoms with E-state index in [1.807, 2.05) is 0 Å². The van der Waals surface area contributed by atoms with E-state index in [1.54, 1.807) is 0 Å². The minimum Gasteiger partial charge on any atom is -0.463 e. The van der Waals surface area contributed by atoms with Crippen molar-refractivity contribution in [2.75, 3.05) is 13.2 Å². The van der Waals surface area contributed by atoms with Crippen LogP contribution in [0.2, 0.25) is 0 Å². The molecule has 1 aliphatic rings. The normalized spacial score (nSPS) is 27.0. The number of amides is 1. The molecule has 0 spiro atoms. The number of carbonyl (C=O) groups is 4.